The van der Waals surface area contributed by atoms with Gasteiger partial charge in [0.15, 0.2) is 0 Å². The SMILES string of the molecule is O=C(NCC[NH+]1CCN(C(=O)c2cccc(F)c2)CC1)c1ccncc1. The number of carbonyl (C=O) groups is 2. The van der Waals surface area contributed by atoms with Gasteiger partial charge in [0.05, 0.1) is 39.3 Å². The highest BCUT2D eigenvalue weighted by molar-refractivity contribution is 5.94. The Hall–Kier alpha value is -2.80. The van der Waals surface area contributed by atoms with E-state index in [0.717, 1.165) is 19.6 Å². The molecule has 0 spiro atoms. The van der Waals surface area contributed by atoms with Crippen molar-refractivity contribution < 1.29 is 18.9 Å². The van der Waals surface area contributed by atoms with Crippen molar-refractivity contribution in [3.63, 3.8) is 0 Å². The van der Waals surface area contributed by atoms with Gasteiger partial charge in [-0.25, -0.2) is 4.39 Å². The number of nitrogens with one attached hydrogen (secondary N) is 2. The van der Waals surface area contributed by atoms with Gasteiger partial charge in [-0.1, -0.05) is 6.07 Å². The molecule has 6 nitrogen and oxygen atoms in total. The average Bonchev–Trinajstić information content (AvgIpc) is 2.68. The van der Waals surface area contributed by atoms with Crippen LogP contribution in [-0.4, -0.2) is 61.0 Å². The molecular weight excluding hydrogens is 335 g/mol. The second kappa shape index (κ2) is 8.53. The molecule has 1 saturated heterocycles. The Morgan fingerprint density at radius 2 is 1.85 bits per heavy atom. The number of piperazine rings is 1. The van der Waals surface area contributed by atoms with Gasteiger partial charge in [0.25, 0.3) is 11.8 Å². The Bertz CT molecular complexity index is 761. The standard InChI is InChI=1S/C19H21FN4O2/c20-17-3-1-2-16(14-17)19(26)24-12-10-23(11-13-24)9-8-22-18(25)15-4-6-21-7-5-15/h1-7,14H,8-13H2,(H,22,25)/p+1. The summed E-state index contributed by atoms with van der Waals surface area (Å²) in [5.74, 6) is -0.633. The van der Waals surface area contributed by atoms with Gasteiger partial charge in [-0.05, 0) is 30.3 Å². The summed E-state index contributed by atoms with van der Waals surface area (Å²) < 4.78 is 13.3. The van der Waals surface area contributed by atoms with Gasteiger partial charge in [0.2, 0.25) is 0 Å². The number of halogens is 1. The molecular formula is C19H22FN4O2+. The highest BCUT2D eigenvalue weighted by Gasteiger charge is 2.24. The maximum atomic E-state index is 13.3. The van der Waals surface area contributed by atoms with Crippen LogP contribution >= 0.6 is 0 Å². The third-order valence-electron chi connectivity index (χ3n) is 4.54. The zero-order valence-electron chi connectivity index (χ0n) is 14.5. The number of carbonyl (C=O) groups excluding carboxylic acids is 2. The number of amides is 2. The van der Waals surface area contributed by atoms with Crippen LogP contribution in [-0.2, 0) is 0 Å². The van der Waals surface area contributed by atoms with Crippen LogP contribution in [0.1, 0.15) is 20.7 Å². The average molecular weight is 357 g/mol. The fraction of sp³-hybridized carbons (Fsp3) is 0.316. The van der Waals surface area contributed by atoms with Gasteiger partial charge >= 0.3 is 0 Å². The number of rotatable bonds is 5. The molecule has 0 bridgehead atoms. The Morgan fingerprint density at radius 3 is 2.54 bits per heavy atom. The number of aromatic nitrogens is 1. The van der Waals surface area contributed by atoms with Crippen molar-refractivity contribution in [1.29, 1.82) is 0 Å². The predicted octanol–water partition coefficient (Wildman–Crippen LogP) is -0.00860. The third kappa shape index (κ3) is 4.64. The second-order valence-corrected chi connectivity index (χ2v) is 6.29. The molecule has 2 amide bonds. The van der Waals surface area contributed by atoms with Crippen LogP contribution in [0.5, 0.6) is 0 Å². The van der Waals surface area contributed by atoms with Gasteiger partial charge in [-0.2, -0.15) is 0 Å². The lowest BCUT2D eigenvalue weighted by molar-refractivity contribution is -0.902. The number of quaternary nitrogens is 1. The minimum Gasteiger partial charge on any atom is -0.346 e. The van der Waals surface area contributed by atoms with Crippen molar-refractivity contribution in [1.82, 2.24) is 15.2 Å². The number of nitrogens with zero attached hydrogens (tertiary/aromatic N) is 2. The van der Waals surface area contributed by atoms with Crippen LogP contribution in [0.2, 0.25) is 0 Å². The van der Waals surface area contributed by atoms with Gasteiger partial charge < -0.3 is 15.1 Å². The predicted molar refractivity (Wildman–Crippen MR) is 94.4 cm³/mol. The minimum atomic E-state index is -0.398. The minimum absolute atomic E-state index is 0.105. The molecule has 2 heterocycles. The maximum absolute atomic E-state index is 13.3. The molecule has 1 aromatic heterocycles. The number of pyridine rings is 1. The van der Waals surface area contributed by atoms with E-state index in [2.05, 4.69) is 10.3 Å². The van der Waals surface area contributed by atoms with E-state index in [0.29, 0.717) is 30.8 Å². The van der Waals surface area contributed by atoms with Crippen LogP contribution in [0.25, 0.3) is 0 Å². The van der Waals surface area contributed by atoms with E-state index in [1.165, 1.54) is 17.0 Å². The molecule has 26 heavy (non-hydrogen) atoms. The highest BCUT2D eigenvalue weighted by Crippen LogP contribution is 2.07. The first kappa shape index (κ1) is 18.0. The fourth-order valence-corrected chi connectivity index (χ4v) is 3.04. The summed E-state index contributed by atoms with van der Waals surface area (Å²) in [6.45, 7) is 4.26. The number of hydrogen-bond acceptors (Lipinski definition) is 3. The Morgan fingerprint density at radius 1 is 1.12 bits per heavy atom. The number of benzene rings is 1. The molecule has 1 aliphatic heterocycles. The van der Waals surface area contributed by atoms with Crippen LogP contribution in [0, 0.1) is 5.82 Å². The van der Waals surface area contributed by atoms with Crippen molar-refractivity contribution in [2.45, 2.75) is 0 Å². The molecule has 0 aliphatic carbocycles. The summed E-state index contributed by atoms with van der Waals surface area (Å²) in [7, 11) is 0. The molecule has 1 fully saturated rings. The fourth-order valence-electron chi connectivity index (χ4n) is 3.04. The largest absolute Gasteiger partial charge is 0.346 e. The molecule has 2 aromatic rings. The highest BCUT2D eigenvalue weighted by atomic mass is 19.1. The van der Waals surface area contributed by atoms with Crippen molar-refractivity contribution >= 4 is 11.8 Å². The molecule has 0 unspecified atom stereocenters. The summed E-state index contributed by atoms with van der Waals surface area (Å²) in [6.07, 6.45) is 3.18. The first-order valence-corrected chi connectivity index (χ1v) is 8.70. The summed E-state index contributed by atoms with van der Waals surface area (Å²) in [6, 6.07) is 9.15. The third-order valence-corrected chi connectivity index (χ3v) is 4.54. The van der Waals surface area contributed by atoms with Crippen molar-refractivity contribution in [3.8, 4) is 0 Å². The van der Waals surface area contributed by atoms with E-state index in [-0.39, 0.29) is 11.8 Å². The van der Waals surface area contributed by atoms with E-state index in [1.807, 2.05) is 0 Å². The van der Waals surface area contributed by atoms with Gasteiger partial charge in [0, 0.05) is 23.5 Å². The van der Waals surface area contributed by atoms with Gasteiger partial charge in [0.1, 0.15) is 5.82 Å². The quantitative estimate of drug-likeness (QED) is 0.791. The van der Waals surface area contributed by atoms with Crippen LogP contribution in [0.15, 0.2) is 48.8 Å². The zero-order valence-corrected chi connectivity index (χ0v) is 14.5. The molecule has 3 rings (SSSR count). The van der Waals surface area contributed by atoms with E-state index in [1.54, 1.807) is 41.6 Å². The van der Waals surface area contributed by atoms with E-state index >= 15 is 0 Å². The molecule has 0 radical (unpaired) electrons. The lowest BCUT2D eigenvalue weighted by Crippen LogP contribution is -3.15. The molecule has 7 heteroatoms. The second-order valence-electron chi connectivity index (χ2n) is 6.29. The van der Waals surface area contributed by atoms with E-state index in [9.17, 15) is 14.0 Å². The van der Waals surface area contributed by atoms with Crippen molar-refractivity contribution in [2.24, 2.45) is 0 Å². The lowest BCUT2D eigenvalue weighted by Gasteiger charge is -2.32. The smallest absolute Gasteiger partial charge is 0.254 e. The van der Waals surface area contributed by atoms with Crippen molar-refractivity contribution in [2.75, 3.05) is 39.3 Å². The maximum Gasteiger partial charge on any atom is 0.254 e. The van der Waals surface area contributed by atoms with Crippen LogP contribution in [0.4, 0.5) is 4.39 Å². The summed E-state index contributed by atoms with van der Waals surface area (Å²) in [5.41, 5.74) is 0.985. The van der Waals surface area contributed by atoms with Crippen LogP contribution in [0.3, 0.4) is 0 Å². The molecule has 0 atom stereocenters. The molecule has 136 valence electrons. The lowest BCUT2D eigenvalue weighted by atomic mass is 10.1. The molecule has 2 N–H and O–H groups in total. The molecule has 1 aromatic carbocycles. The van der Waals surface area contributed by atoms with Gasteiger partial charge in [-0.15, -0.1) is 0 Å². The number of hydrogen-bond donors (Lipinski definition) is 2. The summed E-state index contributed by atoms with van der Waals surface area (Å²) >= 11 is 0. The molecule has 1 aliphatic rings. The first-order valence-electron chi connectivity index (χ1n) is 8.70. The zero-order chi connectivity index (χ0) is 18.4. The van der Waals surface area contributed by atoms with Crippen molar-refractivity contribution in [3.05, 3.63) is 65.7 Å². The van der Waals surface area contributed by atoms with Crippen LogP contribution < -0.4 is 10.2 Å². The van der Waals surface area contributed by atoms with E-state index in [4.69, 9.17) is 0 Å². The topological polar surface area (TPSA) is 66.7 Å². The summed E-state index contributed by atoms with van der Waals surface area (Å²) in [4.78, 5) is 31.4. The van der Waals surface area contributed by atoms with Gasteiger partial charge in [-0.3, -0.25) is 14.6 Å². The monoisotopic (exact) mass is 357 g/mol. The molecule has 0 saturated carbocycles. The normalized spacial score (nSPS) is 14.9. The Kier molecular flexibility index (Phi) is 5.91. The summed E-state index contributed by atoms with van der Waals surface area (Å²) in [5, 5.41) is 2.90. The van der Waals surface area contributed by atoms with E-state index < -0.39 is 5.82 Å². The Labute approximate surface area is 151 Å². The Balaban J connectivity index is 1.41. The first-order chi connectivity index (χ1) is 12.6.